The molecule has 14 heteroatoms. The second kappa shape index (κ2) is 11.5. The van der Waals surface area contributed by atoms with E-state index in [0.717, 1.165) is 10.7 Å². The number of para-hydroxylation sites is 1. The van der Waals surface area contributed by atoms with Crippen molar-refractivity contribution in [1.82, 2.24) is 5.32 Å². The van der Waals surface area contributed by atoms with Gasteiger partial charge in [0.2, 0.25) is 0 Å². The average Bonchev–Trinajstić information content (AvgIpc) is 3.32. The number of hydrogen-bond donors (Lipinski definition) is 2. The highest BCUT2D eigenvalue weighted by Gasteiger charge is 2.74. The Morgan fingerprint density at radius 1 is 0.976 bits per heavy atom. The Bertz CT molecular complexity index is 1290. The molecule has 1 unspecified atom stereocenters. The van der Waals surface area contributed by atoms with E-state index < -0.39 is 47.8 Å². The van der Waals surface area contributed by atoms with Crippen molar-refractivity contribution in [3.63, 3.8) is 0 Å². The van der Waals surface area contributed by atoms with Crippen LogP contribution in [0.25, 0.3) is 0 Å². The van der Waals surface area contributed by atoms with Crippen LogP contribution in [0.5, 0.6) is 0 Å². The highest BCUT2D eigenvalue weighted by molar-refractivity contribution is 6.33. The lowest BCUT2D eigenvalue weighted by Gasteiger charge is -2.34. The van der Waals surface area contributed by atoms with E-state index in [0.29, 0.717) is 31.5 Å². The quantitative estimate of drug-likeness (QED) is 0.352. The van der Waals surface area contributed by atoms with Crippen molar-refractivity contribution in [3.05, 3.63) is 59.1 Å². The number of anilines is 2. The van der Waals surface area contributed by atoms with E-state index in [9.17, 15) is 36.2 Å². The summed E-state index contributed by atoms with van der Waals surface area (Å²) in [5.41, 5.74) is -5.96. The number of halogens is 7. The molecule has 2 N–H and O–H groups in total. The number of rotatable bonds is 5. The molecular formula is C28H31ClF6N4O3. The Morgan fingerprint density at radius 3 is 2.07 bits per heavy atom. The first-order chi connectivity index (χ1) is 19.4. The number of hydrazone groups is 1. The fraction of sp³-hybridized carbons (Fsp3) is 0.500. The number of carbonyl (C=O) groups excluding carboxylic acids is 1. The molecule has 0 saturated carbocycles. The second-order valence-electron chi connectivity index (χ2n) is 11.3. The molecule has 2 aromatic carbocycles. The molecule has 0 aliphatic carbocycles. The summed E-state index contributed by atoms with van der Waals surface area (Å²) in [5, 5.41) is 17.6. The van der Waals surface area contributed by atoms with Crippen molar-refractivity contribution in [2.45, 2.75) is 75.7 Å². The number of benzene rings is 2. The van der Waals surface area contributed by atoms with Crippen LogP contribution < -0.4 is 15.2 Å². The van der Waals surface area contributed by atoms with Crippen molar-refractivity contribution in [1.29, 1.82) is 0 Å². The van der Waals surface area contributed by atoms with E-state index in [1.807, 2.05) is 0 Å². The maximum Gasteiger partial charge on any atom is 0.431 e. The van der Waals surface area contributed by atoms with Crippen LogP contribution in [-0.2, 0) is 4.74 Å². The zero-order valence-corrected chi connectivity index (χ0v) is 23.8. The van der Waals surface area contributed by atoms with E-state index in [1.54, 1.807) is 51.1 Å². The standard InChI is InChI=1S/C28H31ClF6N4O3/c1-25(2,3)42-24(40)36-18-12-14-38(15-13-18)19-10-8-17(9-11-19)22-16-23(26(41,27(30,31)32)28(33,34)35)37-39(22)21-7-5-4-6-20(21)29/h4-11,18,22,41H,12-16H2,1-3H3,(H,36,40). The minimum absolute atomic E-state index is 0.0644. The predicted octanol–water partition coefficient (Wildman–Crippen LogP) is 7.00. The number of nitrogens with zero attached hydrogens (tertiary/aromatic N) is 3. The van der Waals surface area contributed by atoms with E-state index in [4.69, 9.17) is 16.3 Å². The Hall–Kier alpha value is -3.19. The van der Waals surface area contributed by atoms with Gasteiger partial charge in [-0.2, -0.15) is 31.4 Å². The van der Waals surface area contributed by atoms with Crippen LogP contribution in [0.15, 0.2) is 53.6 Å². The molecule has 1 saturated heterocycles. The average molecular weight is 621 g/mol. The summed E-state index contributed by atoms with van der Waals surface area (Å²) in [7, 11) is 0. The Labute approximate surface area is 244 Å². The van der Waals surface area contributed by atoms with Gasteiger partial charge in [0.05, 0.1) is 22.5 Å². The van der Waals surface area contributed by atoms with Crippen molar-refractivity contribution in [2.75, 3.05) is 23.0 Å². The number of carbonyl (C=O) groups is 1. The van der Waals surface area contributed by atoms with Gasteiger partial charge in [0.1, 0.15) is 5.60 Å². The Balaban J connectivity index is 1.54. The zero-order valence-electron chi connectivity index (χ0n) is 23.1. The summed E-state index contributed by atoms with van der Waals surface area (Å²) in [6, 6.07) is 11.4. The fourth-order valence-corrected chi connectivity index (χ4v) is 5.22. The van der Waals surface area contributed by atoms with Crippen LogP contribution >= 0.6 is 11.6 Å². The van der Waals surface area contributed by atoms with Crippen LogP contribution in [0, 0.1) is 0 Å². The van der Waals surface area contributed by atoms with E-state index in [2.05, 4.69) is 15.3 Å². The first-order valence-corrected chi connectivity index (χ1v) is 13.6. The largest absolute Gasteiger partial charge is 0.444 e. The van der Waals surface area contributed by atoms with Gasteiger partial charge < -0.3 is 20.1 Å². The molecular weight excluding hydrogens is 590 g/mol. The van der Waals surface area contributed by atoms with Crippen LogP contribution in [-0.4, -0.2) is 59.6 Å². The molecule has 2 aromatic rings. The molecule has 0 bridgehead atoms. The molecule has 1 fully saturated rings. The van der Waals surface area contributed by atoms with Crippen LogP contribution in [0.4, 0.5) is 42.5 Å². The summed E-state index contributed by atoms with van der Waals surface area (Å²) >= 11 is 6.24. The van der Waals surface area contributed by atoms with Gasteiger partial charge in [-0.05, 0) is 63.4 Å². The third-order valence-corrected chi connectivity index (χ3v) is 7.43. The number of amides is 1. The van der Waals surface area contributed by atoms with E-state index >= 15 is 0 Å². The molecule has 2 heterocycles. The minimum Gasteiger partial charge on any atom is -0.444 e. The molecule has 2 aliphatic rings. The van der Waals surface area contributed by atoms with Gasteiger partial charge in [0.15, 0.2) is 0 Å². The first-order valence-electron chi connectivity index (χ1n) is 13.2. The topological polar surface area (TPSA) is 77.4 Å². The Morgan fingerprint density at radius 2 is 1.55 bits per heavy atom. The molecule has 2 aliphatic heterocycles. The van der Waals surface area contributed by atoms with Gasteiger partial charge in [-0.1, -0.05) is 35.9 Å². The van der Waals surface area contributed by atoms with Crippen molar-refractivity contribution in [3.8, 4) is 0 Å². The number of ether oxygens (including phenoxy) is 1. The number of alkyl carbamates (subject to hydrolysis) is 1. The van der Waals surface area contributed by atoms with Crippen LogP contribution in [0.2, 0.25) is 5.02 Å². The van der Waals surface area contributed by atoms with Gasteiger partial charge in [-0.25, -0.2) is 4.79 Å². The lowest BCUT2D eigenvalue weighted by atomic mass is 9.89. The molecule has 42 heavy (non-hydrogen) atoms. The minimum atomic E-state index is -6.06. The van der Waals surface area contributed by atoms with E-state index in [-0.39, 0.29) is 16.8 Å². The SMILES string of the molecule is CC(C)(C)OC(=O)NC1CCN(c2ccc(C3CC(C(O)(C(F)(F)F)C(F)(F)F)=NN3c3ccccc3Cl)cc2)CC1. The smallest absolute Gasteiger partial charge is 0.431 e. The second-order valence-corrected chi connectivity index (χ2v) is 11.7. The van der Waals surface area contributed by atoms with Gasteiger partial charge in [-0.3, -0.25) is 5.01 Å². The first kappa shape index (κ1) is 31.7. The lowest BCUT2D eigenvalue weighted by molar-refractivity contribution is -0.338. The number of nitrogens with one attached hydrogen (secondary N) is 1. The highest BCUT2D eigenvalue weighted by Crippen LogP contribution is 2.49. The monoisotopic (exact) mass is 620 g/mol. The molecule has 0 spiro atoms. The van der Waals surface area contributed by atoms with Crippen LogP contribution in [0.1, 0.15) is 51.6 Å². The third-order valence-electron chi connectivity index (χ3n) is 7.11. The van der Waals surface area contributed by atoms with Gasteiger partial charge in [0, 0.05) is 31.2 Å². The Kier molecular flexibility index (Phi) is 8.67. The molecule has 230 valence electrons. The summed E-state index contributed by atoms with van der Waals surface area (Å²) in [6.07, 6.45) is -12.2. The van der Waals surface area contributed by atoms with Gasteiger partial charge in [0.25, 0.3) is 5.60 Å². The number of aliphatic hydroxyl groups is 1. The lowest BCUT2D eigenvalue weighted by Crippen LogP contribution is -2.62. The third kappa shape index (κ3) is 6.56. The molecule has 1 amide bonds. The summed E-state index contributed by atoms with van der Waals surface area (Å²) in [5.74, 6) is 0. The highest BCUT2D eigenvalue weighted by atomic mass is 35.5. The molecule has 0 aromatic heterocycles. The normalized spacial score (nSPS) is 19.1. The number of piperidine rings is 1. The van der Waals surface area contributed by atoms with Crippen molar-refractivity contribution < 1.29 is 41.0 Å². The molecule has 4 rings (SSSR count). The predicted molar refractivity (Wildman–Crippen MR) is 147 cm³/mol. The molecule has 1 atom stereocenters. The van der Waals surface area contributed by atoms with Gasteiger partial charge in [-0.15, -0.1) is 0 Å². The molecule has 0 radical (unpaired) electrons. The maximum atomic E-state index is 13.7. The van der Waals surface area contributed by atoms with Crippen molar-refractivity contribution in [2.24, 2.45) is 5.10 Å². The van der Waals surface area contributed by atoms with Crippen molar-refractivity contribution >= 4 is 34.8 Å². The molecule has 7 nitrogen and oxygen atoms in total. The maximum absolute atomic E-state index is 13.7. The fourth-order valence-electron chi connectivity index (χ4n) is 5.00. The number of hydrogen-bond acceptors (Lipinski definition) is 6. The summed E-state index contributed by atoms with van der Waals surface area (Å²) in [6.45, 7) is 6.53. The summed E-state index contributed by atoms with van der Waals surface area (Å²) < 4.78 is 87.4. The summed E-state index contributed by atoms with van der Waals surface area (Å²) in [4.78, 5) is 14.1. The van der Waals surface area contributed by atoms with E-state index in [1.165, 1.54) is 18.2 Å². The number of alkyl halides is 6. The van der Waals surface area contributed by atoms with Gasteiger partial charge >= 0.3 is 18.4 Å². The van der Waals surface area contributed by atoms with Crippen LogP contribution in [0.3, 0.4) is 0 Å². The zero-order chi connectivity index (χ0) is 31.1.